The topological polar surface area (TPSA) is 60.9 Å². The van der Waals surface area contributed by atoms with Crippen molar-refractivity contribution in [1.82, 2.24) is 9.80 Å². The molecule has 0 radical (unpaired) electrons. The lowest BCUT2D eigenvalue weighted by molar-refractivity contribution is -0.141. The Morgan fingerprint density at radius 3 is 2.56 bits per heavy atom. The molecule has 0 aromatic carbocycles. The van der Waals surface area contributed by atoms with E-state index in [0.717, 1.165) is 19.4 Å². The molecule has 5 heteroatoms. The average molecular weight is 226 g/mol. The third-order valence-electron chi connectivity index (χ3n) is 3.89. The maximum Gasteiger partial charge on any atom is 0.326 e. The van der Waals surface area contributed by atoms with Gasteiger partial charge in [0, 0.05) is 19.6 Å². The van der Waals surface area contributed by atoms with Gasteiger partial charge in [-0.1, -0.05) is 0 Å². The van der Waals surface area contributed by atoms with Gasteiger partial charge in [-0.05, 0) is 32.1 Å². The van der Waals surface area contributed by atoms with Crippen LogP contribution in [0.5, 0.6) is 0 Å². The number of fused-ring (bicyclic) bond motifs is 2. The number of carbonyl (C=O) groups is 2. The summed E-state index contributed by atoms with van der Waals surface area (Å²) in [5.74, 6) is -0.317. The molecule has 2 fully saturated rings. The van der Waals surface area contributed by atoms with Crippen molar-refractivity contribution in [3.05, 3.63) is 0 Å². The molecular weight excluding hydrogens is 208 g/mol. The number of likely N-dealkylation sites (N-methyl/N-ethyl adjacent to an activating group) is 1. The molecule has 0 aromatic rings. The molecule has 1 saturated heterocycles. The number of amides is 2. The van der Waals surface area contributed by atoms with Gasteiger partial charge in [0.2, 0.25) is 0 Å². The Balaban J connectivity index is 2.00. The van der Waals surface area contributed by atoms with Gasteiger partial charge in [-0.15, -0.1) is 0 Å². The first kappa shape index (κ1) is 11.2. The molecule has 2 aliphatic rings. The van der Waals surface area contributed by atoms with Crippen LogP contribution in [0.25, 0.3) is 0 Å². The Labute approximate surface area is 95.0 Å². The number of hydrogen-bond donors (Lipinski definition) is 1. The van der Waals surface area contributed by atoms with Crippen LogP contribution in [0.3, 0.4) is 0 Å². The van der Waals surface area contributed by atoms with E-state index >= 15 is 0 Å². The zero-order valence-electron chi connectivity index (χ0n) is 9.72. The van der Waals surface area contributed by atoms with E-state index in [0.29, 0.717) is 12.0 Å². The summed E-state index contributed by atoms with van der Waals surface area (Å²) in [6.07, 6.45) is 3.39. The van der Waals surface area contributed by atoms with Crippen LogP contribution in [-0.4, -0.2) is 52.6 Å². The summed E-state index contributed by atoms with van der Waals surface area (Å²) in [5, 5.41) is 8.86. The van der Waals surface area contributed by atoms with E-state index in [-0.39, 0.29) is 6.03 Å². The summed E-state index contributed by atoms with van der Waals surface area (Å²) in [4.78, 5) is 26.0. The van der Waals surface area contributed by atoms with Crippen molar-refractivity contribution in [1.29, 1.82) is 0 Å². The monoisotopic (exact) mass is 226 g/mol. The first-order valence-corrected chi connectivity index (χ1v) is 5.77. The molecule has 2 bridgehead atoms. The van der Waals surface area contributed by atoms with Gasteiger partial charge < -0.3 is 14.9 Å². The number of nitrogens with zero attached hydrogens (tertiary/aromatic N) is 2. The van der Waals surface area contributed by atoms with Gasteiger partial charge >= 0.3 is 12.0 Å². The molecule has 1 N–H and O–H groups in total. The highest BCUT2D eigenvalue weighted by Gasteiger charge is 2.42. The first-order chi connectivity index (χ1) is 7.50. The van der Waals surface area contributed by atoms with Gasteiger partial charge in [-0.2, -0.15) is 0 Å². The predicted octanol–water partition coefficient (Wildman–Crippen LogP) is 0.996. The fourth-order valence-corrected chi connectivity index (χ4v) is 2.69. The largest absolute Gasteiger partial charge is 0.480 e. The van der Waals surface area contributed by atoms with E-state index < -0.39 is 12.0 Å². The van der Waals surface area contributed by atoms with E-state index in [1.54, 1.807) is 7.05 Å². The maximum absolute atomic E-state index is 12.1. The van der Waals surface area contributed by atoms with E-state index in [1.807, 2.05) is 4.90 Å². The minimum absolute atomic E-state index is 0.137. The van der Waals surface area contributed by atoms with Crippen molar-refractivity contribution in [3.63, 3.8) is 0 Å². The number of likely N-dealkylation sites (tertiary alicyclic amines) is 1. The number of hydrogen-bond acceptors (Lipinski definition) is 2. The third kappa shape index (κ3) is 1.74. The average Bonchev–Trinajstić information content (AvgIpc) is 2.87. The van der Waals surface area contributed by atoms with Crippen LogP contribution in [0.1, 0.15) is 26.2 Å². The molecular formula is C11H18N2O3. The molecule has 5 nitrogen and oxygen atoms in total. The molecule has 2 amide bonds. The maximum atomic E-state index is 12.1. The molecule has 90 valence electrons. The van der Waals surface area contributed by atoms with Crippen molar-refractivity contribution < 1.29 is 14.7 Å². The number of piperidine rings is 1. The van der Waals surface area contributed by atoms with E-state index in [1.165, 1.54) is 18.2 Å². The van der Waals surface area contributed by atoms with Crippen LogP contribution in [0.15, 0.2) is 0 Å². The number of urea groups is 1. The Morgan fingerprint density at radius 2 is 2.12 bits per heavy atom. The molecule has 1 heterocycles. The van der Waals surface area contributed by atoms with Crippen molar-refractivity contribution in [3.8, 4) is 0 Å². The van der Waals surface area contributed by atoms with Gasteiger partial charge in [0.25, 0.3) is 0 Å². The number of carbonyl (C=O) groups excluding carboxylic acids is 1. The number of carboxylic acids is 1. The number of carboxylic acid groups (broad SMARTS) is 1. The molecule has 3 atom stereocenters. The minimum atomic E-state index is -0.958. The highest BCUT2D eigenvalue weighted by molar-refractivity contribution is 5.82. The molecule has 0 spiro atoms. The molecule has 1 aliphatic heterocycles. The van der Waals surface area contributed by atoms with E-state index in [2.05, 4.69) is 0 Å². The zero-order valence-corrected chi connectivity index (χ0v) is 9.72. The summed E-state index contributed by atoms with van der Waals surface area (Å²) in [6.45, 7) is 2.34. The Morgan fingerprint density at radius 1 is 1.44 bits per heavy atom. The molecule has 16 heavy (non-hydrogen) atoms. The van der Waals surface area contributed by atoms with Crippen LogP contribution in [0.4, 0.5) is 4.79 Å². The summed E-state index contributed by atoms with van der Waals surface area (Å²) in [5.41, 5.74) is 0. The number of aliphatic carboxylic acids is 1. The second-order valence-corrected chi connectivity index (χ2v) is 4.89. The molecule has 3 unspecified atom stereocenters. The zero-order chi connectivity index (χ0) is 11.9. The van der Waals surface area contributed by atoms with Gasteiger partial charge in [0.1, 0.15) is 6.04 Å². The second kappa shape index (κ2) is 3.96. The third-order valence-corrected chi connectivity index (χ3v) is 3.89. The summed E-state index contributed by atoms with van der Waals surface area (Å²) < 4.78 is 0. The fraction of sp³-hybridized carbons (Fsp3) is 0.818. The van der Waals surface area contributed by atoms with Gasteiger partial charge in [-0.25, -0.2) is 9.59 Å². The SMILES string of the molecule is CC(C(=O)O)N(C)C(=O)N1CC2CCC1C2. The van der Waals surface area contributed by atoms with E-state index in [4.69, 9.17) is 5.11 Å². The smallest absolute Gasteiger partial charge is 0.326 e. The van der Waals surface area contributed by atoms with Crippen LogP contribution < -0.4 is 0 Å². The molecule has 1 aliphatic carbocycles. The van der Waals surface area contributed by atoms with E-state index in [9.17, 15) is 9.59 Å². The Hall–Kier alpha value is -1.26. The lowest BCUT2D eigenvalue weighted by atomic mass is 10.1. The predicted molar refractivity (Wildman–Crippen MR) is 58.1 cm³/mol. The minimum Gasteiger partial charge on any atom is -0.480 e. The van der Waals surface area contributed by atoms with Crippen molar-refractivity contribution >= 4 is 12.0 Å². The summed E-state index contributed by atoms with van der Waals surface area (Å²) in [7, 11) is 1.56. The normalized spacial score (nSPS) is 29.2. The molecule has 2 rings (SSSR count). The molecule has 1 saturated carbocycles. The van der Waals surface area contributed by atoms with Gasteiger partial charge in [0.05, 0.1) is 0 Å². The lowest BCUT2D eigenvalue weighted by Gasteiger charge is -2.32. The van der Waals surface area contributed by atoms with Gasteiger partial charge in [0.15, 0.2) is 0 Å². The summed E-state index contributed by atoms with van der Waals surface area (Å²) >= 11 is 0. The van der Waals surface area contributed by atoms with Crippen molar-refractivity contribution in [2.75, 3.05) is 13.6 Å². The number of rotatable bonds is 2. The highest BCUT2D eigenvalue weighted by atomic mass is 16.4. The van der Waals surface area contributed by atoms with Crippen molar-refractivity contribution in [2.45, 2.75) is 38.3 Å². The summed E-state index contributed by atoms with van der Waals surface area (Å²) in [6, 6.07) is -0.547. The standard InChI is InChI=1S/C11H18N2O3/c1-7(10(14)15)12(2)11(16)13-6-8-3-4-9(13)5-8/h7-9H,3-6H2,1-2H3,(H,14,15). The lowest BCUT2D eigenvalue weighted by Crippen LogP contribution is -2.50. The van der Waals surface area contributed by atoms with Crippen LogP contribution in [0.2, 0.25) is 0 Å². The first-order valence-electron chi connectivity index (χ1n) is 5.77. The van der Waals surface area contributed by atoms with Crippen molar-refractivity contribution in [2.24, 2.45) is 5.92 Å². The molecule has 0 aromatic heterocycles. The quantitative estimate of drug-likeness (QED) is 0.764. The van der Waals surface area contributed by atoms with Gasteiger partial charge in [-0.3, -0.25) is 0 Å². The van der Waals surface area contributed by atoms with Crippen LogP contribution in [0, 0.1) is 5.92 Å². The second-order valence-electron chi connectivity index (χ2n) is 4.89. The van der Waals surface area contributed by atoms with Crippen LogP contribution >= 0.6 is 0 Å². The highest BCUT2D eigenvalue weighted by Crippen LogP contribution is 2.37. The van der Waals surface area contributed by atoms with Crippen LogP contribution in [-0.2, 0) is 4.79 Å². The Bertz CT molecular complexity index is 318. The fourth-order valence-electron chi connectivity index (χ4n) is 2.69. The Kier molecular flexibility index (Phi) is 2.78.